The third-order valence-corrected chi connectivity index (χ3v) is 3.19. The van der Waals surface area contributed by atoms with Crippen LogP contribution in [0.15, 0.2) is 30.3 Å². The molecule has 1 heterocycles. The second-order valence-electron chi connectivity index (χ2n) is 5.72. The Balaban J connectivity index is 0.000000224. The highest BCUT2D eigenvalue weighted by Crippen LogP contribution is 2.09. The molecular formula is C17H27NO4. The van der Waals surface area contributed by atoms with E-state index in [9.17, 15) is 9.90 Å². The van der Waals surface area contributed by atoms with E-state index in [0.717, 1.165) is 25.1 Å². The highest BCUT2D eigenvalue weighted by atomic mass is 16.5. The molecule has 0 amide bonds. The molecule has 1 aliphatic rings. The molecule has 0 bridgehead atoms. The number of aliphatic hydroxyl groups excluding tert-OH is 1. The third kappa shape index (κ3) is 8.12. The molecule has 2 atom stereocenters. The Bertz CT molecular complexity index is 397. The Hall–Kier alpha value is -1.43. The monoisotopic (exact) mass is 309 g/mol. The topological polar surface area (TPSA) is 67.8 Å². The Morgan fingerprint density at radius 2 is 2.09 bits per heavy atom. The van der Waals surface area contributed by atoms with E-state index in [1.165, 1.54) is 0 Å². The van der Waals surface area contributed by atoms with Crippen molar-refractivity contribution in [1.82, 2.24) is 5.32 Å². The lowest BCUT2D eigenvalue weighted by atomic mass is 10.1. The number of carbonyl (C=O) groups is 1. The third-order valence-electron chi connectivity index (χ3n) is 3.19. The van der Waals surface area contributed by atoms with Crippen molar-refractivity contribution in [3.8, 4) is 0 Å². The fourth-order valence-corrected chi connectivity index (χ4v) is 2.03. The van der Waals surface area contributed by atoms with Crippen LogP contribution in [0.5, 0.6) is 0 Å². The largest absolute Gasteiger partial charge is 0.463 e. The van der Waals surface area contributed by atoms with Crippen LogP contribution < -0.4 is 5.32 Å². The van der Waals surface area contributed by atoms with Crippen LogP contribution in [0.3, 0.4) is 0 Å². The summed E-state index contributed by atoms with van der Waals surface area (Å²) >= 11 is 0. The zero-order valence-corrected chi connectivity index (χ0v) is 13.4. The van der Waals surface area contributed by atoms with Gasteiger partial charge in [0.1, 0.15) is 6.61 Å². The van der Waals surface area contributed by atoms with Gasteiger partial charge in [-0.1, -0.05) is 44.2 Å². The molecule has 0 spiro atoms. The number of β-amino-alcohol motifs (C(OH)–C–C–N with tert-alkyl or cyclic N) is 1. The van der Waals surface area contributed by atoms with E-state index in [0.29, 0.717) is 25.5 Å². The first kappa shape index (κ1) is 18.6. The summed E-state index contributed by atoms with van der Waals surface area (Å²) in [6.45, 7) is 7.43. The first-order valence-electron chi connectivity index (χ1n) is 7.73. The van der Waals surface area contributed by atoms with Crippen LogP contribution in [0.2, 0.25) is 0 Å². The number of hydrogen-bond acceptors (Lipinski definition) is 5. The maximum Gasteiger partial charge on any atom is 0.293 e. The predicted molar refractivity (Wildman–Crippen MR) is 85.4 cm³/mol. The van der Waals surface area contributed by atoms with Gasteiger partial charge in [-0.25, -0.2) is 0 Å². The van der Waals surface area contributed by atoms with Crippen molar-refractivity contribution in [3.05, 3.63) is 35.9 Å². The van der Waals surface area contributed by atoms with Crippen LogP contribution in [0, 0.1) is 5.92 Å². The average molecular weight is 309 g/mol. The molecule has 22 heavy (non-hydrogen) atoms. The van der Waals surface area contributed by atoms with Crippen molar-refractivity contribution in [1.29, 1.82) is 0 Å². The van der Waals surface area contributed by atoms with Crippen LogP contribution in [-0.4, -0.2) is 43.5 Å². The van der Waals surface area contributed by atoms with Crippen LogP contribution in [0.25, 0.3) is 0 Å². The zero-order valence-electron chi connectivity index (χ0n) is 13.4. The van der Waals surface area contributed by atoms with Crippen molar-refractivity contribution in [2.75, 3.05) is 19.7 Å². The molecule has 0 aromatic heterocycles. The van der Waals surface area contributed by atoms with E-state index in [-0.39, 0.29) is 12.2 Å². The molecule has 0 radical (unpaired) electrons. The molecule has 2 rings (SSSR count). The van der Waals surface area contributed by atoms with Crippen molar-refractivity contribution >= 4 is 6.47 Å². The Morgan fingerprint density at radius 1 is 1.36 bits per heavy atom. The van der Waals surface area contributed by atoms with Crippen molar-refractivity contribution in [3.63, 3.8) is 0 Å². The summed E-state index contributed by atoms with van der Waals surface area (Å²) in [5.74, 6) is 0.548. The minimum Gasteiger partial charge on any atom is -0.463 e. The number of piperidine rings is 1. The molecule has 5 heteroatoms. The van der Waals surface area contributed by atoms with E-state index < -0.39 is 0 Å². The number of ether oxygens (including phenoxy) is 2. The van der Waals surface area contributed by atoms with Gasteiger partial charge in [-0.3, -0.25) is 4.79 Å². The summed E-state index contributed by atoms with van der Waals surface area (Å²) < 4.78 is 10.1. The predicted octanol–water partition coefficient (Wildman–Crippen LogP) is 1.74. The molecule has 0 saturated carbocycles. The lowest BCUT2D eigenvalue weighted by molar-refractivity contribution is -0.129. The summed E-state index contributed by atoms with van der Waals surface area (Å²) in [7, 11) is 0. The van der Waals surface area contributed by atoms with Crippen LogP contribution in [0.4, 0.5) is 0 Å². The van der Waals surface area contributed by atoms with Gasteiger partial charge in [0, 0.05) is 13.2 Å². The Labute approximate surface area is 132 Å². The summed E-state index contributed by atoms with van der Waals surface area (Å²) in [6, 6.07) is 9.55. The van der Waals surface area contributed by atoms with Gasteiger partial charge in [0.15, 0.2) is 0 Å². The summed E-state index contributed by atoms with van der Waals surface area (Å²) in [6.07, 6.45) is 0.652. The summed E-state index contributed by atoms with van der Waals surface area (Å²) in [4.78, 5) is 9.76. The molecule has 1 aromatic carbocycles. The first-order chi connectivity index (χ1) is 10.6. The molecule has 5 nitrogen and oxygen atoms in total. The minimum atomic E-state index is -0.322. The number of carbonyl (C=O) groups excluding carboxylic acids is 1. The van der Waals surface area contributed by atoms with Crippen LogP contribution in [0.1, 0.15) is 25.8 Å². The molecule has 1 aliphatic heterocycles. The van der Waals surface area contributed by atoms with Crippen molar-refractivity contribution < 1.29 is 19.4 Å². The number of hydrogen-bond donors (Lipinski definition) is 2. The lowest BCUT2D eigenvalue weighted by Gasteiger charge is -2.28. The minimum absolute atomic E-state index is 0.0497. The number of nitrogens with one attached hydrogen (secondary N) is 1. The molecule has 1 fully saturated rings. The molecule has 0 aliphatic carbocycles. The van der Waals surface area contributed by atoms with Crippen molar-refractivity contribution in [2.45, 2.75) is 39.1 Å². The second-order valence-corrected chi connectivity index (χ2v) is 5.72. The SMILES string of the molecule is CC(C)COC1CCNCC1O.O=COCc1ccccc1. The van der Waals surface area contributed by atoms with Gasteiger partial charge in [-0.05, 0) is 24.4 Å². The van der Waals surface area contributed by atoms with Gasteiger partial charge in [0.2, 0.25) is 0 Å². The number of aliphatic hydroxyl groups is 1. The number of benzene rings is 1. The fraction of sp³-hybridized carbons (Fsp3) is 0.588. The van der Waals surface area contributed by atoms with Crippen LogP contribution >= 0.6 is 0 Å². The summed E-state index contributed by atoms with van der Waals surface area (Å²) in [5, 5.41) is 12.6. The zero-order chi connectivity index (χ0) is 16.2. The van der Waals surface area contributed by atoms with Gasteiger partial charge in [-0.15, -0.1) is 0 Å². The second kappa shape index (κ2) is 11.2. The highest BCUT2D eigenvalue weighted by molar-refractivity contribution is 5.37. The summed E-state index contributed by atoms with van der Waals surface area (Å²) in [5.41, 5.74) is 1.01. The quantitative estimate of drug-likeness (QED) is 0.784. The Kier molecular flexibility index (Phi) is 9.46. The van der Waals surface area contributed by atoms with Gasteiger partial charge in [-0.2, -0.15) is 0 Å². The average Bonchev–Trinajstić information content (AvgIpc) is 2.54. The first-order valence-corrected chi connectivity index (χ1v) is 7.73. The molecule has 2 unspecified atom stereocenters. The van der Waals surface area contributed by atoms with E-state index in [1.807, 2.05) is 30.3 Å². The van der Waals surface area contributed by atoms with E-state index in [4.69, 9.17) is 4.74 Å². The fourth-order valence-electron chi connectivity index (χ4n) is 2.03. The van der Waals surface area contributed by atoms with Gasteiger partial charge < -0.3 is 19.9 Å². The molecule has 124 valence electrons. The smallest absolute Gasteiger partial charge is 0.293 e. The van der Waals surface area contributed by atoms with Gasteiger partial charge >= 0.3 is 0 Å². The van der Waals surface area contributed by atoms with Crippen LogP contribution in [-0.2, 0) is 20.9 Å². The molecular weight excluding hydrogens is 282 g/mol. The molecule has 2 N–H and O–H groups in total. The number of rotatable bonds is 6. The van der Waals surface area contributed by atoms with E-state index in [1.54, 1.807) is 0 Å². The van der Waals surface area contributed by atoms with E-state index in [2.05, 4.69) is 23.9 Å². The standard InChI is InChI=1S/C9H19NO2.C8H8O2/c1-7(2)6-12-9-3-4-10-5-8(9)11;9-7-10-6-8-4-2-1-3-5-8/h7-11H,3-6H2,1-2H3;1-5,7H,6H2. The molecule has 1 aromatic rings. The highest BCUT2D eigenvalue weighted by Gasteiger charge is 2.23. The maximum absolute atomic E-state index is 9.76. The van der Waals surface area contributed by atoms with Gasteiger partial charge in [0.25, 0.3) is 6.47 Å². The lowest BCUT2D eigenvalue weighted by Crippen LogP contribution is -2.45. The maximum atomic E-state index is 9.76. The van der Waals surface area contributed by atoms with E-state index >= 15 is 0 Å². The van der Waals surface area contributed by atoms with Crippen molar-refractivity contribution in [2.24, 2.45) is 5.92 Å². The normalized spacial score (nSPS) is 20.9. The van der Waals surface area contributed by atoms with Gasteiger partial charge in [0.05, 0.1) is 12.2 Å². The Morgan fingerprint density at radius 3 is 2.68 bits per heavy atom. The molecule has 1 saturated heterocycles.